The molecule has 0 saturated heterocycles. The van der Waals surface area contributed by atoms with E-state index in [2.05, 4.69) is 21.1 Å². The van der Waals surface area contributed by atoms with E-state index in [1.807, 2.05) is 24.3 Å². The van der Waals surface area contributed by atoms with Crippen molar-refractivity contribution in [1.29, 1.82) is 0 Å². The second-order valence-electron chi connectivity index (χ2n) is 5.90. The van der Waals surface area contributed by atoms with Crippen LogP contribution in [0.15, 0.2) is 57.5 Å². The first-order valence-electron chi connectivity index (χ1n) is 8.21. The van der Waals surface area contributed by atoms with Crippen LogP contribution >= 0.6 is 15.9 Å². The molecule has 0 N–H and O–H groups in total. The highest BCUT2D eigenvalue weighted by atomic mass is 79.9. The quantitative estimate of drug-likeness (QED) is 0.579. The summed E-state index contributed by atoms with van der Waals surface area (Å²) in [5, 5.41) is 3.93. The van der Waals surface area contributed by atoms with Crippen molar-refractivity contribution >= 4 is 21.8 Å². The first-order chi connectivity index (χ1) is 13.0. The number of amides is 1. The number of carbonyl (C=O) groups is 1. The van der Waals surface area contributed by atoms with Gasteiger partial charge in [-0.15, -0.1) is 0 Å². The molecule has 0 aliphatic rings. The fourth-order valence-electron chi connectivity index (χ4n) is 2.66. The van der Waals surface area contributed by atoms with Crippen LogP contribution in [0.25, 0.3) is 11.3 Å². The van der Waals surface area contributed by atoms with E-state index in [9.17, 15) is 4.79 Å². The van der Waals surface area contributed by atoms with E-state index in [1.54, 1.807) is 50.4 Å². The fraction of sp³-hybridized carbons (Fsp3) is 0.200. The zero-order chi connectivity index (χ0) is 19.4. The highest BCUT2D eigenvalue weighted by Gasteiger charge is 2.20. The standard InChI is InChI=1S/C20H19BrN2O4/c1-23(12-13-6-4-5-7-16(13)21)20(24)17-11-19(27-22-17)15-10-14(25-2)8-9-18(15)26-3/h4-11H,12H2,1-3H3. The lowest BCUT2D eigenvalue weighted by Crippen LogP contribution is -2.26. The van der Waals surface area contributed by atoms with Gasteiger partial charge in [-0.2, -0.15) is 0 Å². The summed E-state index contributed by atoms with van der Waals surface area (Å²) in [4.78, 5) is 14.3. The summed E-state index contributed by atoms with van der Waals surface area (Å²) in [5.74, 6) is 1.46. The monoisotopic (exact) mass is 430 g/mol. The molecule has 0 bridgehead atoms. The molecule has 0 aliphatic carbocycles. The van der Waals surface area contributed by atoms with Crippen molar-refractivity contribution in [2.45, 2.75) is 6.54 Å². The maximum absolute atomic E-state index is 12.7. The Kier molecular flexibility index (Phi) is 5.81. The van der Waals surface area contributed by atoms with Gasteiger partial charge < -0.3 is 18.9 Å². The van der Waals surface area contributed by atoms with Crippen molar-refractivity contribution in [3.63, 3.8) is 0 Å². The lowest BCUT2D eigenvalue weighted by molar-refractivity contribution is 0.0774. The van der Waals surface area contributed by atoms with Crippen molar-refractivity contribution in [3.8, 4) is 22.8 Å². The van der Waals surface area contributed by atoms with Crippen molar-refractivity contribution < 1.29 is 18.8 Å². The summed E-state index contributed by atoms with van der Waals surface area (Å²) in [6, 6.07) is 14.7. The molecule has 0 atom stereocenters. The molecule has 6 nitrogen and oxygen atoms in total. The first kappa shape index (κ1) is 19.0. The number of benzene rings is 2. The van der Waals surface area contributed by atoms with Crippen LogP contribution in [0.1, 0.15) is 16.1 Å². The number of hydrogen-bond acceptors (Lipinski definition) is 5. The number of rotatable bonds is 6. The zero-order valence-corrected chi connectivity index (χ0v) is 16.8. The maximum Gasteiger partial charge on any atom is 0.276 e. The molecular formula is C20H19BrN2O4. The van der Waals surface area contributed by atoms with E-state index >= 15 is 0 Å². The predicted octanol–water partition coefficient (Wildman–Crippen LogP) is 4.39. The second kappa shape index (κ2) is 8.26. The number of ether oxygens (including phenoxy) is 2. The lowest BCUT2D eigenvalue weighted by atomic mass is 10.1. The Bertz CT molecular complexity index is 955. The Hall–Kier alpha value is -2.80. The molecule has 140 valence electrons. The number of halogens is 1. The van der Waals surface area contributed by atoms with Crippen molar-refractivity contribution in [2.75, 3.05) is 21.3 Å². The second-order valence-corrected chi connectivity index (χ2v) is 6.75. The third kappa shape index (κ3) is 4.14. The molecule has 7 heteroatoms. The number of aromatic nitrogens is 1. The average Bonchev–Trinajstić information content (AvgIpc) is 3.18. The predicted molar refractivity (Wildman–Crippen MR) is 105 cm³/mol. The van der Waals surface area contributed by atoms with Crippen molar-refractivity contribution in [3.05, 3.63) is 64.3 Å². The van der Waals surface area contributed by atoms with Crippen molar-refractivity contribution in [2.24, 2.45) is 0 Å². The number of hydrogen-bond donors (Lipinski definition) is 0. The summed E-state index contributed by atoms with van der Waals surface area (Å²) in [6.45, 7) is 0.449. The molecule has 0 aliphatic heterocycles. The van der Waals surface area contributed by atoms with Gasteiger partial charge in [-0.1, -0.05) is 39.3 Å². The van der Waals surface area contributed by atoms with Gasteiger partial charge in [0.05, 0.1) is 19.8 Å². The number of carbonyl (C=O) groups excluding carboxylic acids is 1. The summed E-state index contributed by atoms with van der Waals surface area (Å²) >= 11 is 3.50. The largest absolute Gasteiger partial charge is 0.497 e. The molecule has 1 heterocycles. The van der Waals surface area contributed by atoms with Crippen LogP contribution in [0.2, 0.25) is 0 Å². The van der Waals surface area contributed by atoms with Crippen molar-refractivity contribution in [1.82, 2.24) is 10.1 Å². The molecule has 1 amide bonds. The molecule has 3 rings (SSSR count). The smallest absolute Gasteiger partial charge is 0.276 e. The Morgan fingerprint density at radius 3 is 2.63 bits per heavy atom. The number of nitrogens with zero attached hydrogens (tertiary/aromatic N) is 2. The average molecular weight is 431 g/mol. The van der Waals surface area contributed by atoms with Crippen LogP contribution in [0.3, 0.4) is 0 Å². The number of methoxy groups -OCH3 is 2. The minimum atomic E-state index is -0.234. The van der Waals surface area contributed by atoms with Gasteiger partial charge in [0.1, 0.15) is 11.5 Å². The third-order valence-electron chi connectivity index (χ3n) is 4.11. The first-order valence-corrected chi connectivity index (χ1v) is 9.00. The van der Waals surface area contributed by atoms with Gasteiger partial charge in [-0.05, 0) is 29.8 Å². The van der Waals surface area contributed by atoms with E-state index in [0.717, 1.165) is 10.0 Å². The lowest BCUT2D eigenvalue weighted by Gasteiger charge is -2.16. The molecule has 3 aromatic rings. The van der Waals surface area contributed by atoms with E-state index in [1.165, 1.54) is 0 Å². The molecule has 0 spiro atoms. The van der Waals surface area contributed by atoms with E-state index in [4.69, 9.17) is 14.0 Å². The Balaban J connectivity index is 1.83. The Morgan fingerprint density at radius 2 is 1.93 bits per heavy atom. The molecule has 2 aromatic carbocycles. The van der Waals surface area contributed by atoms with Gasteiger partial charge in [0.25, 0.3) is 5.91 Å². The van der Waals surface area contributed by atoms with Gasteiger partial charge in [-0.3, -0.25) is 4.79 Å². The topological polar surface area (TPSA) is 64.8 Å². The Morgan fingerprint density at radius 1 is 1.15 bits per heavy atom. The minimum Gasteiger partial charge on any atom is -0.497 e. The molecule has 0 saturated carbocycles. The molecule has 27 heavy (non-hydrogen) atoms. The van der Waals surface area contributed by atoms with Crippen LogP contribution < -0.4 is 9.47 Å². The van der Waals surface area contributed by atoms with E-state index in [-0.39, 0.29) is 11.6 Å². The zero-order valence-electron chi connectivity index (χ0n) is 15.2. The van der Waals surface area contributed by atoms with Gasteiger partial charge >= 0.3 is 0 Å². The van der Waals surface area contributed by atoms with E-state index in [0.29, 0.717) is 29.4 Å². The Labute approximate surface area is 165 Å². The van der Waals surface area contributed by atoms with Crippen LogP contribution in [-0.4, -0.2) is 37.2 Å². The highest BCUT2D eigenvalue weighted by Crippen LogP contribution is 2.34. The summed E-state index contributed by atoms with van der Waals surface area (Å²) in [6.07, 6.45) is 0. The van der Waals surface area contributed by atoms with Crippen LogP contribution in [0.4, 0.5) is 0 Å². The maximum atomic E-state index is 12.7. The normalized spacial score (nSPS) is 10.5. The third-order valence-corrected chi connectivity index (χ3v) is 4.89. The SMILES string of the molecule is COc1ccc(OC)c(-c2cc(C(=O)N(C)Cc3ccccc3Br)no2)c1. The van der Waals surface area contributed by atoms with Gasteiger partial charge in [0.15, 0.2) is 11.5 Å². The molecule has 0 unspecified atom stereocenters. The van der Waals surface area contributed by atoms with Gasteiger partial charge in [0.2, 0.25) is 0 Å². The molecular weight excluding hydrogens is 412 g/mol. The van der Waals surface area contributed by atoms with Gasteiger partial charge in [0, 0.05) is 24.1 Å². The minimum absolute atomic E-state index is 0.226. The molecule has 0 radical (unpaired) electrons. The summed E-state index contributed by atoms with van der Waals surface area (Å²) in [5.41, 5.74) is 1.90. The van der Waals surface area contributed by atoms with Crippen LogP contribution in [0, 0.1) is 0 Å². The highest BCUT2D eigenvalue weighted by molar-refractivity contribution is 9.10. The summed E-state index contributed by atoms with van der Waals surface area (Å²) < 4.78 is 17.0. The van der Waals surface area contributed by atoms with Gasteiger partial charge in [-0.25, -0.2) is 0 Å². The fourth-order valence-corrected chi connectivity index (χ4v) is 3.07. The van der Waals surface area contributed by atoms with Crippen LogP contribution in [0.5, 0.6) is 11.5 Å². The van der Waals surface area contributed by atoms with E-state index < -0.39 is 0 Å². The summed E-state index contributed by atoms with van der Waals surface area (Å²) in [7, 11) is 4.87. The molecule has 1 aromatic heterocycles. The van der Waals surface area contributed by atoms with Crippen LogP contribution in [-0.2, 0) is 6.54 Å². The molecule has 0 fully saturated rings.